The van der Waals surface area contributed by atoms with Gasteiger partial charge in [-0.1, -0.05) is 0 Å². The van der Waals surface area contributed by atoms with Gasteiger partial charge in [-0.2, -0.15) is 0 Å². The van der Waals surface area contributed by atoms with Crippen LogP contribution in [-0.2, 0) is 14.3 Å². The smallest absolute Gasteiger partial charge is 0.326 e. The molecule has 0 aromatic carbocycles. The highest BCUT2D eigenvalue weighted by Gasteiger charge is 2.42. The number of aliphatic hydroxyl groups excluding tert-OH is 2. The molecule has 8 nitrogen and oxygen atoms in total. The summed E-state index contributed by atoms with van der Waals surface area (Å²) in [4.78, 5) is 21.8. The van der Waals surface area contributed by atoms with Crippen molar-refractivity contribution in [2.45, 2.75) is 36.8 Å². The van der Waals surface area contributed by atoms with E-state index in [1.165, 1.54) is 0 Å². The molecule has 1 fully saturated rings. The average Bonchev–Trinajstić information content (AvgIpc) is 2.22. The number of aliphatic hydroxyl groups is 2. The summed E-state index contributed by atoms with van der Waals surface area (Å²) in [7, 11) is 0. The van der Waals surface area contributed by atoms with Crippen LogP contribution in [0.5, 0.6) is 0 Å². The molecule has 92 valence electrons. The molecule has 1 rings (SSSR count). The molecule has 5 atom stereocenters. The molecule has 0 bridgehead atoms. The number of ether oxygens (including phenoxy) is 1. The van der Waals surface area contributed by atoms with Crippen molar-refractivity contribution in [3.05, 3.63) is 0 Å². The molecule has 0 aliphatic carbocycles. The third-order valence-corrected chi connectivity index (χ3v) is 2.52. The van der Waals surface area contributed by atoms with Gasteiger partial charge in [-0.15, -0.1) is 0 Å². The van der Waals surface area contributed by atoms with Crippen molar-refractivity contribution in [3.63, 3.8) is 0 Å². The lowest BCUT2D eigenvalue weighted by atomic mass is 9.93. The molecule has 1 saturated heterocycles. The Morgan fingerprint density at radius 1 is 1.50 bits per heavy atom. The lowest BCUT2D eigenvalue weighted by Crippen LogP contribution is -2.63. The first-order valence-corrected chi connectivity index (χ1v) is 4.71. The molecule has 1 heterocycles. The Morgan fingerprint density at radius 3 is 2.56 bits per heavy atom. The Labute approximate surface area is 91.3 Å². The van der Waals surface area contributed by atoms with E-state index in [0.29, 0.717) is 0 Å². The fourth-order valence-corrected chi connectivity index (χ4v) is 1.45. The van der Waals surface area contributed by atoms with Gasteiger partial charge in [0.15, 0.2) is 0 Å². The number of cyclic esters (lactones) is 1. The van der Waals surface area contributed by atoms with Gasteiger partial charge in [-0.05, 0) is 0 Å². The molecule has 8 N–H and O–H groups in total. The third-order valence-electron chi connectivity index (χ3n) is 2.52. The van der Waals surface area contributed by atoms with E-state index >= 15 is 0 Å². The molecule has 1 aliphatic heterocycles. The monoisotopic (exact) mass is 233 g/mol. The highest BCUT2D eigenvalue weighted by atomic mass is 16.6. The maximum Gasteiger partial charge on any atom is 0.326 e. The second kappa shape index (κ2) is 4.74. The van der Waals surface area contributed by atoms with E-state index in [-0.39, 0.29) is 6.42 Å². The van der Waals surface area contributed by atoms with Crippen LogP contribution in [0, 0.1) is 0 Å². The van der Waals surface area contributed by atoms with Crippen molar-refractivity contribution in [1.82, 2.24) is 0 Å². The minimum absolute atomic E-state index is 0.258. The Kier molecular flexibility index (Phi) is 3.81. The predicted molar refractivity (Wildman–Crippen MR) is 51.7 cm³/mol. The number of carbonyl (C=O) groups excluding carboxylic acids is 2. The number of rotatable bonds is 3. The van der Waals surface area contributed by atoms with Crippen molar-refractivity contribution in [2.75, 3.05) is 0 Å². The molecule has 1 aliphatic rings. The zero-order valence-electron chi connectivity index (χ0n) is 8.45. The van der Waals surface area contributed by atoms with Crippen LogP contribution >= 0.6 is 0 Å². The standard InChI is InChI=1S/C8H15N3O5/c9-4-3(1-2(12)7(11)14)16-8(15)5(10)6(4)13/h2-6,12-13H,1,9-10H2,(H2,11,14)/t2-,3-,4-,5+,6-/m0/s1. The summed E-state index contributed by atoms with van der Waals surface area (Å²) in [6.07, 6.45) is -3.99. The van der Waals surface area contributed by atoms with E-state index in [4.69, 9.17) is 21.9 Å². The van der Waals surface area contributed by atoms with Gasteiger partial charge < -0.3 is 32.2 Å². The number of esters is 1. The van der Waals surface area contributed by atoms with Crippen LogP contribution < -0.4 is 17.2 Å². The Hall–Kier alpha value is -1.22. The van der Waals surface area contributed by atoms with Crippen molar-refractivity contribution < 1.29 is 24.5 Å². The first-order chi connectivity index (χ1) is 7.34. The van der Waals surface area contributed by atoms with E-state index in [2.05, 4.69) is 0 Å². The molecule has 0 unspecified atom stereocenters. The van der Waals surface area contributed by atoms with Crippen LogP contribution in [0.4, 0.5) is 0 Å². The first-order valence-electron chi connectivity index (χ1n) is 4.71. The van der Waals surface area contributed by atoms with E-state index in [1.54, 1.807) is 0 Å². The highest BCUT2D eigenvalue weighted by molar-refractivity contribution is 5.79. The second-order valence-electron chi connectivity index (χ2n) is 3.72. The van der Waals surface area contributed by atoms with E-state index in [1.807, 2.05) is 0 Å². The molecule has 0 aromatic rings. The first kappa shape index (κ1) is 12.8. The second-order valence-corrected chi connectivity index (χ2v) is 3.72. The van der Waals surface area contributed by atoms with Crippen molar-refractivity contribution in [3.8, 4) is 0 Å². The van der Waals surface area contributed by atoms with Crippen LogP contribution in [0.25, 0.3) is 0 Å². The number of hydrogen-bond donors (Lipinski definition) is 5. The topological polar surface area (TPSA) is 162 Å². The van der Waals surface area contributed by atoms with Crippen LogP contribution in [0.2, 0.25) is 0 Å². The van der Waals surface area contributed by atoms with Gasteiger partial charge in [0.1, 0.15) is 18.2 Å². The van der Waals surface area contributed by atoms with Gasteiger partial charge in [0.2, 0.25) is 5.91 Å². The normalized spacial score (nSPS) is 36.6. The van der Waals surface area contributed by atoms with Gasteiger partial charge in [0, 0.05) is 6.42 Å². The molecule has 0 radical (unpaired) electrons. The molecule has 16 heavy (non-hydrogen) atoms. The molecule has 8 heteroatoms. The van der Waals surface area contributed by atoms with Crippen LogP contribution in [0.3, 0.4) is 0 Å². The molecular weight excluding hydrogens is 218 g/mol. The van der Waals surface area contributed by atoms with Gasteiger partial charge in [0.25, 0.3) is 0 Å². The van der Waals surface area contributed by atoms with E-state index in [9.17, 15) is 19.8 Å². The van der Waals surface area contributed by atoms with Gasteiger partial charge >= 0.3 is 5.97 Å². The summed E-state index contributed by atoms with van der Waals surface area (Å²) >= 11 is 0. The van der Waals surface area contributed by atoms with Crippen molar-refractivity contribution in [2.24, 2.45) is 17.2 Å². The zero-order chi connectivity index (χ0) is 12.5. The number of nitrogens with two attached hydrogens (primary N) is 3. The minimum Gasteiger partial charge on any atom is -0.459 e. The molecular formula is C8H15N3O5. The Bertz CT molecular complexity index is 297. The summed E-state index contributed by atoms with van der Waals surface area (Å²) in [5, 5.41) is 18.7. The van der Waals surface area contributed by atoms with E-state index in [0.717, 1.165) is 0 Å². The number of carbonyl (C=O) groups is 2. The fraction of sp³-hybridized carbons (Fsp3) is 0.750. The molecule has 0 saturated carbocycles. The summed E-state index contributed by atoms with van der Waals surface area (Å²) in [6.45, 7) is 0. The van der Waals surface area contributed by atoms with Crippen molar-refractivity contribution in [1.29, 1.82) is 0 Å². The van der Waals surface area contributed by atoms with E-state index < -0.39 is 42.3 Å². The van der Waals surface area contributed by atoms with Gasteiger partial charge in [-0.3, -0.25) is 9.59 Å². The summed E-state index contributed by atoms with van der Waals surface area (Å²) in [5.41, 5.74) is 15.7. The van der Waals surface area contributed by atoms with Crippen LogP contribution in [0.1, 0.15) is 6.42 Å². The average molecular weight is 233 g/mol. The lowest BCUT2D eigenvalue weighted by molar-refractivity contribution is -0.168. The lowest BCUT2D eigenvalue weighted by Gasteiger charge is -2.36. The summed E-state index contributed by atoms with van der Waals surface area (Å²) in [6, 6.07) is -2.17. The highest BCUT2D eigenvalue weighted by Crippen LogP contribution is 2.17. The maximum atomic E-state index is 11.2. The van der Waals surface area contributed by atoms with Crippen molar-refractivity contribution >= 4 is 11.9 Å². The number of hydrogen-bond acceptors (Lipinski definition) is 7. The number of amides is 1. The predicted octanol–water partition coefficient (Wildman–Crippen LogP) is -3.84. The summed E-state index contributed by atoms with van der Waals surface area (Å²) in [5.74, 6) is -1.77. The minimum atomic E-state index is -1.48. The zero-order valence-corrected chi connectivity index (χ0v) is 8.45. The summed E-state index contributed by atoms with van der Waals surface area (Å²) < 4.78 is 4.79. The SMILES string of the molecule is NC(=O)[C@@H](O)C[C@@H]1OC(=O)[C@H](N)[C@@H](O)[C@H]1N. The Morgan fingerprint density at radius 2 is 2.06 bits per heavy atom. The largest absolute Gasteiger partial charge is 0.459 e. The van der Waals surface area contributed by atoms with Crippen LogP contribution in [-0.4, -0.2) is 52.5 Å². The fourth-order valence-electron chi connectivity index (χ4n) is 1.45. The maximum absolute atomic E-state index is 11.2. The van der Waals surface area contributed by atoms with Gasteiger partial charge in [0.05, 0.1) is 12.1 Å². The molecule has 0 spiro atoms. The number of primary amides is 1. The third kappa shape index (κ3) is 2.47. The quantitative estimate of drug-likeness (QED) is 0.312. The van der Waals surface area contributed by atoms with Crippen LogP contribution in [0.15, 0.2) is 0 Å². The molecule has 1 amide bonds. The Balaban J connectivity index is 2.67. The molecule has 0 aromatic heterocycles. The van der Waals surface area contributed by atoms with Gasteiger partial charge in [-0.25, -0.2) is 0 Å².